The lowest BCUT2D eigenvalue weighted by molar-refractivity contribution is 0.159. The third-order valence-corrected chi connectivity index (χ3v) is 3.87. The van der Waals surface area contributed by atoms with Crippen LogP contribution in [0.5, 0.6) is 5.75 Å². The lowest BCUT2D eigenvalue weighted by Crippen LogP contribution is -2.50. The van der Waals surface area contributed by atoms with E-state index < -0.39 is 0 Å². The number of hydrogen-bond donors (Lipinski definition) is 1. The molecule has 1 aliphatic rings. The molecule has 1 saturated heterocycles. The summed E-state index contributed by atoms with van der Waals surface area (Å²) in [6, 6.07) is 8.19. The molecule has 3 nitrogen and oxygen atoms in total. The van der Waals surface area contributed by atoms with Crippen molar-refractivity contribution in [1.29, 1.82) is 0 Å². The first-order valence-electron chi connectivity index (χ1n) is 6.74. The molecule has 0 saturated carbocycles. The second-order valence-corrected chi connectivity index (χ2v) is 5.58. The Morgan fingerprint density at radius 3 is 2.44 bits per heavy atom. The maximum Gasteiger partial charge on any atom is 0.119 e. The molecule has 0 radical (unpaired) electrons. The molecule has 0 aromatic heterocycles. The molecule has 1 aromatic carbocycles. The highest BCUT2D eigenvalue weighted by Gasteiger charge is 2.29. The smallest absolute Gasteiger partial charge is 0.119 e. The molecule has 0 bridgehead atoms. The van der Waals surface area contributed by atoms with Crippen molar-refractivity contribution < 1.29 is 4.74 Å². The van der Waals surface area contributed by atoms with E-state index >= 15 is 0 Å². The largest absolute Gasteiger partial charge is 0.494 e. The summed E-state index contributed by atoms with van der Waals surface area (Å²) in [6.45, 7) is 4.99. The zero-order valence-electron chi connectivity index (χ0n) is 11.5. The van der Waals surface area contributed by atoms with E-state index in [0.717, 1.165) is 38.1 Å². The normalized spacial score (nSPS) is 19.7. The van der Waals surface area contributed by atoms with E-state index in [2.05, 4.69) is 31.0 Å². The minimum Gasteiger partial charge on any atom is -0.494 e. The molecule has 3 heteroatoms. The lowest BCUT2D eigenvalue weighted by atomic mass is 9.86. The molecule has 0 amide bonds. The summed E-state index contributed by atoms with van der Waals surface area (Å²) in [6.07, 6.45) is 3.08. The maximum atomic E-state index is 6.40. The second-order valence-electron chi connectivity index (χ2n) is 5.58. The van der Waals surface area contributed by atoms with Crippen molar-refractivity contribution in [2.45, 2.75) is 31.7 Å². The highest BCUT2D eigenvalue weighted by atomic mass is 16.5. The predicted molar refractivity (Wildman–Crippen MR) is 74.9 cm³/mol. The fraction of sp³-hybridized carbons (Fsp3) is 0.600. The standard InChI is InChI=1S/C15H24N2O/c1-13-3-5-14(6-4-13)18-12-9-15(16)7-10-17(2)11-8-15/h3-6H,7-12,16H2,1-2H3. The van der Waals surface area contributed by atoms with Gasteiger partial charge >= 0.3 is 0 Å². The van der Waals surface area contributed by atoms with Gasteiger partial charge < -0.3 is 15.4 Å². The Morgan fingerprint density at radius 2 is 1.83 bits per heavy atom. The van der Waals surface area contributed by atoms with Crippen LogP contribution in [0.15, 0.2) is 24.3 Å². The van der Waals surface area contributed by atoms with Gasteiger partial charge in [0.15, 0.2) is 0 Å². The Hall–Kier alpha value is -1.06. The highest BCUT2D eigenvalue weighted by molar-refractivity contribution is 5.26. The summed E-state index contributed by atoms with van der Waals surface area (Å²) in [5, 5.41) is 0. The van der Waals surface area contributed by atoms with Gasteiger partial charge in [0.25, 0.3) is 0 Å². The summed E-state index contributed by atoms with van der Waals surface area (Å²) in [7, 11) is 2.16. The molecule has 0 atom stereocenters. The summed E-state index contributed by atoms with van der Waals surface area (Å²) >= 11 is 0. The van der Waals surface area contributed by atoms with Crippen molar-refractivity contribution in [3.8, 4) is 5.75 Å². The number of nitrogens with zero attached hydrogens (tertiary/aromatic N) is 1. The fourth-order valence-electron chi connectivity index (χ4n) is 2.32. The third-order valence-electron chi connectivity index (χ3n) is 3.87. The zero-order chi connectivity index (χ0) is 13.0. The zero-order valence-corrected chi connectivity index (χ0v) is 11.5. The van der Waals surface area contributed by atoms with Gasteiger partial charge in [0.2, 0.25) is 0 Å². The van der Waals surface area contributed by atoms with E-state index in [9.17, 15) is 0 Å². The number of nitrogens with two attached hydrogens (primary N) is 1. The molecule has 1 heterocycles. The van der Waals surface area contributed by atoms with Crippen LogP contribution in [0.1, 0.15) is 24.8 Å². The first kappa shape index (κ1) is 13.4. The number of aryl methyl sites for hydroxylation is 1. The Labute approximate surface area is 110 Å². The van der Waals surface area contributed by atoms with Gasteiger partial charge in [0.1, 0.15) is 5.75 Å². The molecule has 2 rings (SSSR count). The molecule has 18 heavy (non-hydrogen) atoms. The van der Waals surface area contributed by atoms with Crippen molar-refractivity contribution in [1.82, 2.24) is 4.90 Å². The van der Waals surface area contributed by atoms with Crippen LogP contribution in [0.4, 0.5) is 0 Å². The van der Waals surface area contributed by atoms with Crippen LogP contribution < -0.4 is 10.5 Å². The van der Waals surface area contributed by atoms with E-state index in [0.29, 0.717) is 6.61 Å². The molecule has 0 spiro atoms. The number of ether oxygens (including phenoxy) is 1. The van der Waals surface area contributed by atoms with Gasteiger partial charge in [-0.15, -0.1) is 0 Å². The number of hydrogen-bond acceptors (Lipinski definition) is 3. The van der Waals surface area contributed by atoms with Gasteiger partial charge in [-0.1, -0.05) is 17.7 Å². The van der Waals surface area contributed by atoms with E-state index in [4.69, 9.17) is 10.5 Å². The van der Waals surface area contributed by atoms with Crippen LogP contribution in [0, 0.1) is 6.92 Å². The Kier molecular flexibility index (Phi) is 4.25. The van der Waals surface area contributed by atoms with Crippen molar-refractivity contribution in [3.63, 3.8) is 0 Å². The van der Waals surface area contributed by atoms with Gasteiger partial charge in [-0.3, -0.25) is 0 Å². The van der Waals surface area contributed by atoms with Crippen LogP contribution >= 0.6 is 0 Å². The monoisotopic (exact) mass is 248 g/mol. The number of piperidine rings is 1. The minimum atomic E-state index is -0.0305. The van der Waals surface area contributed by atoms with Crippen molar-refractivity contribution in [2.24, 2.45) is 5.73 Å². The van der Waals surface area contributed by atoms with Gasteiger partial charge in [-0.25, -0.2) is 0 Å². The van der Waals surface area contributed by atoms with Crippen LogP contribution in [0.3, 0.4) is 0 Å². The molecule has 100 valence electrons. The number of benzene rings is 1. The van der Waals surface area contributed by atoms with Gasteiger partial charge in [-0.05, 0) is 58.5 Å². The van der Waals surface area contributed by atoms with Crippen molar-refractivity contribution in [3.05, 3.63) is 29.8 Å². The molecular formula is C15H24N2O. The molecule has 0 unspecified atom stereocenters. The summed E-state index contributed by atoms with van der Waals surface area (Å²) in [4.78, 5) is 2.34. The molecule has 2 N–H and O–H groups in total. The molecule has 0 aliphatic carbocycles. The van der Waals surface area contributed by atoms with Crippen LogP contribution in [-0.2, 0) is 0 Å². The van der Waals surface area contributed by atoms with E-state index in [1.807, 2.05) is 12.1 Å². The maximum absolute atomic E-state index is 6.40. The minimum absolute atomic E-state index is 0.0305. The predicted octanol–water partition coefficient (Wildman–Crippen LogP) is 2.19. The van der Waals surface area contributed by atoms with E-state index in [-0.39, 0.29) is 5.54 Å². The Bertz CT molecular complexity index is 367. The van der Waals surface area contributed by atoms with E-state index in [1.165, 1.54) is 5.56 Å². The van der Waals surface area contributed by atoms with Crippen LogP contribution in [0.2, 0.25) is 0 Å². The molecule has 1 aliphatic heterocycles. The molecule has 1 fully saturated rings. The number of rotatable bonds is 4. The van der Waals surface area contributed by atoms with Crippen molar-refractivity contribution in [2.75, 3.05) is 26.7 Å². The summed E-state index contributed by atoms with van der Waals surface area (Å²) in [5.41, 5.74) is 7.63. The van der Waals surface area contributed by atoms with Crippen LogP contribution in [-0.4, -0.2) is 37.2 Å². The third kappa shape index (κ3) is 3.72. The Balaban J connectivity index is 1.76. The molecule has 1 aromatic rings. The first-order valence-corrected chi connectivity index (χ1v) is 6.74. The molecular weight excluding hydrogens is 224 g/mol. The fourth-order valence-corrected chi connectivity index (χ4v) is 2.32. The van der Waals surface area contributed by atoms with Gasteiger partial charge in [-0.2, -0.15) is 0 Å². The van der Waals surface area contributed by atoms with E-state index in [1.54, 1.807) is 0 Å². The topological polar surface area (TPSA) is 38.5 Å². The SMILES string of the molecule is Cc1ccc(OCCC2(N)CCN(C)CC2)cc1. The second kappa shape index (κ2) is 5.72. The average Bonchev–Trinajstić information content (AvgIpc) is 2.36. The van der Waals surface area contributed by atoms with Crippen molar-refractivity contribution >= 4 is 0 Å². The Morgan fingerprint density at radius 1 is 1.22 bits per heavy atom. The quantitative estimate of drug-likeness (QED) is 0.887. The average molecular weight is 248 g/mol. The summed E-state index contributed by atoms with van der Waals surface area (Å²) < 4.78 is 5.76. The first-order chi connectivity index (χ1) is 8.57. The number of likely N-dealkylation sites (tertiary alicyclic amines) is 1. The highest BCUT2D eigenvalue weighted by Crippen LogP contribution is 2.22. The lowest BCUT2D eigenvalue weighted by Gasteiger charge is -2.37. The summed E-state index contributed by atoms with van der Waals surface area (Å²) in [5.74, 6) is 0.942. The van der Waals surface area contributed by atoms with Gasteiger partial charge in [0, 0.05) is 5.54 Å². The van der Waals surface area contributed by atoms with Crippen LogP contribution in [0.25, 0.3) is 0 Å². The van der Waals surface area contributed by atoms with Gasteiger partial charge in [0.05, 0.1) is 6.61 Å².